The molecular formula is C20H12BrN3O. The van der Waals surface area contributed by atoms with Crippen LogP contribution in [0, 0.1) is 4.91 Å². The summed E-state index contributed by atoms with van der Waals surface area (Å²) < 4.78 is 0.943. The minimum Gasteiger partial charge on any atom is -0.338 e. The fourth-order valence-electron chi connectivity index (χ4n) is 3.64. The van der Waals surface area contributed by atoms with Crippen molar-refractivity contribution in [3.63, 3.8) is 0 Å². The molecule has 1 heterocycles. The summed E-state index contributed by atoms with van der Waals surface area (Å²) in [6, 6.07) is 19.4. The highest BCUT2D eigenvalue weighted by atomic mass is 79.9. The molecule has 1 N–H and O–H groups in total. The maximum atomic E-state index is 11.5. The molecule has 0 fully saturated rings. The van der Waals surface area contributed by atoms with Crippen LogP contribution in [-0.4, -0.2) is 9.97 Å². The van der Waals surface area contributed by atoms with Crippen LogP contribution in [0.1, 0.15) is 17.2 Å². The second kappa shape index (κ2) is 5.36. The molecular weight excluding hydrogens is 378 g/mol. The molecule has 3 aromatic carbocycles. The van der Waals surface area contributed by atoms with Crippen molar-refractivity contribution in [2.75, 3.05) is 0 Å². The summed E-state index contributed by atoms with van der Waals surface area (Å²) in [6.07, 6.45) is 0. The highest BCUT2D eigenvalue weighted by molar-refractivity contribution is 9.10. The van der Waals surface area contributed by atoms with Crippen LogP contribution in [0.4, 0.5) is 0 Å². The van der Waals surface area contributed by atoms with E-state index < -0.39 is 6.04 Å². The molecule has 5 heteroatoms. The van der Waals surface area contributed by atoms with Crippen molar-refractivity contribution in [3.8, 4) is 22.5 Å². The van der Waals surface area contributed by atoms with Gasteiger partial charge in [0.2, 0.25) is 0 Å². The first-order chi connectivity index (χ1) is 12.3. The van der Waals surface area contributed by atoms with Gasteiger partial charge in [-0.15, -0.1) is 4.91 Å². The van der Waals surface area contributed by atoms with E-state index in [0.29, 0.717) is 0 Å². The summed E-state index contributed by atoms with van der Waals surface area (Å²) in [5.41, 5.74) is 6.85. The average Bonchev–Trinajstić information content (AvgIpc) is 3.19. The number of hydrogen-bond acceptors (Lipinski definition) is 3. The summed E-state index contributed by atoms with van der Waals surface area (Å²) in [7, 11) is 0. The Morgan fingerprint density at radius 3 is 2.68 bits per heavy atom. The SMILES string of the molecule is O=NC1c2cc(Br)ccc2-c2c(-c3nc4ccccc4[nH]3)cccc21. The van der Waals surface area contributed by atoms with Gasteiger partial charge >= 0.3 is 0 Å². The van der Waals surface area contributed by atoms with E-state index in [1.165, 1.54) is 0 Å². The standard InChI is InChI=1S/C20H12BrN3O/c21-11-8-9-12-15(10-11)19(24-25)13-4-3-5-14(18(12)13)20-22-16-6-1-2-7-17(16)23-20/h1-10,19H,(H,22,23). The van der Waals surface area contributed by atoms with Crippen LogP contribution in [0.5, 0.6) is 0 Å². The fourth-order valence-corrected chi connectivity index (χ4v) is 4.02. The van der Waals surface area contributed by atoms with E-state index >= 15 is 0 Å². The van der Waals surface area contributed by atoms with Gasteiger partial charge in [0.25, 0.3) is 0 Å². The minimum atomic E-state index is -0.480. The number of hydrogen-bond donors (Lipinski definition) is 1. The Balaban J connectivity index is 1.81. The van der Waals surface area contributed by atoms with Gasteiger partial charge in [-0.05, 0) is 46.5 Å². The fraction of sp³-hybridized carbons (Fsp3) is 0.0500. The molecule has 1 aliphatic rings. The van der Waals surface area contributed by atoms with E-state index in [2.05, 4.69) is 26.1 Å². The molecule has 0 spiro atoms. The van der Waals surface area contributed by atoms with Gasteiger partial charge in [-0.25, -0.2) is 4.98 Å². The smallest absolute Gasteiger partial charge is 0.143 e. The number of para-hydroxylation sites is 2. The molecule has 1 aliphatic carbocycles. The summed E-state index contributed by atoms with van der Waals surface area (Å²) in [5.74, 6) is 0.804. The van der Waals surface area contributed by atoms with E-state index in [1.807, 2.05) is 60.7 Å². The van der Waals surface area contributed by atoms with Gasteiger partial charge in [-0.3, -0.25) is 0 Å². The number of fused-ring (bicyclic) bond motifs is 4. The summed E-state index contributed by atoms with van der Waals surface area (Å²) in [5, 5.41) is 3.39. The normalized spacial score (nSPS) is 15.2. The first kappa shape index (κ1) is 14.5. The Morgan fingerprint density at radius 2 is 1.84 bits per heavy atom. The number of nitrogens with zero attached hydrogens (tertiary/aromatic N) is 2. The van der Waals surface area contributed by atoms with Gasteiger partial charge in [0.05, 0.1) is 11.0 Å². The van der Waals surface area contributed by atoms with Crippen LogP contribution in [0.3, 0.4) is 0 Å². The molecule has 25 heavy (non-hydrogen) atoms. The van der Waals surface area contributed by atoms with Gasteiger partial charge < -0.3 is 4.98 Å². The first-order valence-electron chi connectivity index (χ1n) is 7.96. The zero-order valence-electron chi connectivity index (χ0n) is 13.0. The molecule has 0 saturated heterocycles. The summed E-state index contributed by atoms with van der Waals surface area (Å²) >= 11 is 3.49. The molecule has 1 atom stereocenters. The maximum Gasteiger partial charge on any atom is 0.143 e. The molecule has 1 unspecified atom stereocenters. The quantitative estimate of drug-likeness (QED) is 0.438. The lowest BCUT2D eigenvalue weighted by Crippen LogP contribution is -1.91. The van der Waals surface area contributed by atoms with Crippen LogP contribution < -0.4 is 0 Å². The Morgan fingerprint density at radius 1 is 0.960 bits per heavy atom. The molecule has 0 radical (unpaired) electrons. The van der Waals surface area contributed by atoms with Crippen LogP contribution >= 0.6 is 15.9 Å². The van der Waals surface area contributed by atoms with Crippen molar-refractivity contribution in [2.24, 2.45) is 5.18 Å². The number of nitrogens with one attached hydrogen (secondary N) is 1. The van der Waals surface area contributed by atoms with Crippen molar-refractivity contribution in [1.29, 1.82) is 0 Å². The van der Waals surface area contributed by atoms with Crippen LogP contribution in [0.15, 0.2) is 70.3 Å². The number of rotatable bonds is 2. The van der Waals surface area contributed by atoms with Gasteiger partial charge in [0.15, 0.2) is 0 Å². The Kier molecular flexibility index (Phi) is 3.12. The number of aromatic amines is 1. The third kappa shape index (κ3) is 2.09. The number of aromatic nitrogens is 2. The second-order valence-electron chi connectivity index (χ2n) is 6.11. The lowest BCUT2D eigenvalue weighted by Gasteiger charge is -2.07. The van der Waals surface area contributed by atoms with E-state index in [1.54, 1.807) is 0 Å². The van der Waals surface area contributed by atoms with Crippen molar-refractivity contribution in [2.45, 2.75) is 6.04 Å². The lowest BCUT2D eigenvalue weighted by atomic mass is 9.99. The zero-order chi connectivity index (χ0) is 17.0. The van der Waals surface area contributed by atoms with E-state index in [4.69, 9.17) is 4.98 Å². The Labute approximate surface area is 152 Å². The molecule has 0 amide bonds. The van der Waals surface area contributed by atoms with Crippen LogP contribution in [0.25, 0.3) is 33.5 Å². The number of halogens is 1. The van der Waals surface area contributed by atoms with E-state index in [9.17, 15) is 4.91 Å². The molecule has 0 aliphatic heterocycles. The van der Waals surface area contributed by atoms with Crippen LogP contribution in [0.2, 0.25) is 0 Å². The van der Waals surface area contributed by atoms with Gasteiger partial charge in [-0.2, -0.15) is 0 Å². The van der Waals surface area contributed by atoms with Crippen molar-refractivity contribution < 1.29 is 0 Å². The van der Waals surface area contributed by atoms with Crippen molar-refractivity contribution in [3.05, 3.63) is 81.2 Å². The third-order valence-electron chi connectivity index (χ3n) is 4.72. The number of nitroso groups, excluding NO2 is 1. The summed E-state index contributed by atoms with van der Waals surface area (Å²) in [4.78, 5) is 19.7. The zero-order valence-corrected chi connectivity index (χ0v) is 14.6. The molecule has 0 bridgehead atoms. The largest absolute Gasteiger partial charge is 0.338 e. The monoisotopic (exact) mass is 389 g/mol. The van der Waals surface area contributed by atoms with Crippen LogP contribution in [-0.2, 0) is 0 Å². The second-order valence-corrected chi connectivity index (χ2v) is 7.03. The first-order valence-corrected chi connectivity index (χ1v) is 8.76. The van der Waals surface area contributed by atoms with Gasteiger partial charge in [0.1, 0.15) is 11.9 Å². The van der Waals surface area contributed by atoms with Gasteiger partial charge in [-0.1, -0.05) is 57.5 Å². The molecule has 1 aromatic heterocycles. The minimum absolute atomic E-state index is 0.480. The molecule has 0 saturated carbocycles. The highest BCUT2D eigenvalue weighted by Gasteiger charge is 2.32. The van der Waals surface area contributed by atoms with Crippen molar-refractivity contribution >= 4 is 27.0 Å². The van der Waals surface area contributed by atoms with E-state index in [-0.39, 0.29) is 0 Å². The predicted molar refractivity (Wildman–Crippen MR) is 102 cm³/mol. The highest BCUT2D eigenvalue weighted by Crippen LogP contribution is 2.49. The number of imidazole rings is 1. The van der Waals surface area contributed by atoms with E-state index in [0.717, 1.165) is 49.1 Å². The predicted octanol–water partition coefficient (Wildman–Crippen LogP) is 5.83. The molecule has 5 rings (SSSR count). The molecule has 4 aromatic rings. The Hall–Kier alpha value is -2.79. The topological polar surface area (TPSA) is 58.1 Å². The molecule has 4 nitrogen and oxygen atoms in total. The average molecular weight is 390 g/mol. The Bertz CT molecular complexity index is 1120. The number of benzene rings is 3. The summed E-state index contributed by atoms with van der Waals surface area (Å²) in [6.45, 7) is 0. The third-order valence-corrected chi connectivity index (χ3v) is 5.21. The van der Waals surface area contributed by atoms with Crippen molar-refractivity contribution in [1.82, 2.24) is 9.97 Å². The maximum absolute atomic E-state index is 11.5. The molecule has 120 valence electrons. The van der Waals surface area contributed by atoms with Gasteiger partial charge in [0, 0.05) is 10.0 Å². The lowest BCUT2D eigenvalue weighted by molar-refractivity contribution is 0.891. The number of H-pyrrole nitrogens is 1.